The zero-order valence-electron chi connectivity index (χ0n) is 14.0. The molecule has 0 saturated heterocycles. The third-order valence-corrected chi connectivity index (χ3v) is 5.68. The Hall–Kier alpha value is -2.57. The number of thioether (sulfide) groups is 1. The first-order chi connectivity index (χ1) is 12.8. The molecule has 0 aliphatic rings. The molecule has 130 valence electrons. The number of nitrogens with zero attached hydrogens (tertiary/aromatic N) is 2. The predicted octanol–water partition coefficient (Wildman–Crippen LogP) is 5.18. The molecule has 0 bridgehead atoms. The Balaban J connectivity index is 1.32. The summed E-state index contributed by atoms with van der Waals surface area (Å²) in [5, 5.41) is 4.97. The molecule has 0 saturated carbocycles. The van der Waals surface area contributed by atoms with Gasteiger partial charge in [-0.2, -0.15) is 0 Å². The van der Waals surface area contributed by atoms with Crippen LogP contribution in [0.1, 0.15) is 6.42 Å². The standard InChI is InChI=1S/C20H17N3OS2/c24-19(10-12-25-17-4-2-1-3-5-17)21-16-8-6-15(7-9-16)18-14-23-11-13-26-20(23)22-18/h1-9,11,13-14H,10,12H2,(H,21,24). The molecule has 4 rings (SSSR count). The summed E-state index contributed by atoms with van der Waals surface area (Å²) < 4.78 is 2.01. The lowest BCUT2D eigenvalue weighted by Crippen LogP contribution is -2.12. The van der Waals surface area contributed by atoms with E-state index >= 15 is 0 Å². The number of hydrogen-bond acceptors (Lipinski definition) is 4. The minimum absolute atomic E-state index is 0.0312. The summed E-state index contributed by atoms with van der Waals surface area (Å²) in [6, 6.07) is 17.9. The van der Waals surface area contributed by atoms with Crippen molar-refractivity contribution in [3.8, 4) is 11.3 Å². The van der Waals surface area contributed by atoms with Crippen LogP contribution in [0.25, 0.3) is 16.2 Å². The van der Waals surface area contributed by atoms with Crippen molar-refractivity contribution in [2.75, 3.05) is 11.1 Å². The van der Waals surface area contributed by atoms with Crippen LogP contribution >= 0.6 is 23.1 Å². The summed E-state index contributed by atoms with van der Waals surface area (Å²) >= 11 is 3.30. The van der Waals surface area contributed by atoms with Gasteiger partial charge in [-0.25, -0.2) is 4.98 Å². The van der Waals surface area contributed by atoms with E-state index in [9.17, 15) is 4.79 Å². The van der Waals surface area contributed by atoms with E-state index in [4.69, 9.17) is 0 Å². The number of carbonyl (C=O) groups excluding carboxylic acids is 1. The fraction of sp³-hybridized carbons (Fsp3) is 0.100. The van der Waals surface area contributed by atoms with E-state index in [1.165, 1.54) is 4.90 Å². The van der Waals surface area contributed by atoms with Crippen LogP contribution < -0.4 is 5.32 Å². The van der Waals surface area contributed by atoms with Gasteiger partial charge in [0, 0.05) is 46.1 Å². The first kappa shape index (κ1) is 16.9. The maximum atomic E-state index is 12.1. The summed E-state index contributed by atoms with van der Waals surface area (Å²) in [6.07, 6.45) is 4.50. The summed E-state index contributed by atoms with van der Waals surface area (Å²) in [5.74, 6) is 0.794. The lowest BCUT2D eigenvalue weighted by atomic mass is 10.1. The van der Waals surface area contributed by atoms with E-state index < -0.39 is 0 Å². The molecule has 2 aromatic heterocycles. The summed E-state index contributed by atoms with van der Waals surface area (Å²) in [7, 11) is 0. The Morgan fingerprint density at radius 3 is 2.69 bits per heavy atom. The largest absolute Gasteiger partial charge is 0.326 e. The highest BCUT2D eigenvalue weighted by atomic mass is 32.2. The monoisotopic (exact) mass is 379 g/mol. The van der Waals surface area contributed by atoms with Gasteiger partial charge in [-0.05, 0) is 24.3 Å². The van der Waals surface area contributed by atoms with E-state index in [0.29, 0.717) is 6.42 Å². The van der Waals surface area contributed by atoms with E-state index in [-0.39, 0.29) is 5.91 Å². The molecule has 26 heavy (non-hydrogen) atoms. The number of thiazole rings is 1. The van der Waals surface area contributed by atoms with Gasteiger partial charge in [0.1, 0.15) is 0 Å². The molecule has 2 aromatic carbocycles. The fourth-order valence-corrected chi connectivity index (χ4v) is 4.17. The molecule has 0 aliphatic heterocycles. The van der Waals surface area contributed by atoms with E-state index in [2.05, 4.69) is 22.4 Å². The molecule has 0 aliphatic carbocycles. The van der Waals surface area contributed by atoms with Crippen LogP contribution in [0.2, 0.25) is 0 Å². The summed E-state index contributed by atoms with van der Waals surface area (Å²) in [5.41, 5.74) is 2.79. The van der Waals surface area contributed by atoms with Crippen LogP contribution in [0.4, 0.5) is 5.69 Å². The lowest BCUT2D eigenvalue weighted by molar-refractivity contribution is -0.115. The highest BCUT2D eigenvalue weighted by Crippen LogP contribution is 2.23. The van der Waals surface area contributed by atoms with Crippen molar-refractivity contribution >= 4 is 39.7 Å². The number of amides is 1. The number of fused-ring (bicyclic) bond motifs is 1. The van der Waals surface area contributed by atoms with Gasteiger partial charge in [0.2, 0.25) is 5.91 Å². The second-order valence-electron chi connectivity index (χ2n) is 5.76. The molecule has 2 heterocycles. The predicted molar refractivity (Wildman–Crippen MR) is 109 cm³/mol. The average molecular weight is 380 g/mol. The number of carbonyl (C=O) groups is 1. The molecule has 0 spiro atoms. The zero-order valence-corrected chi connectivity index (χ0v) is 15.6. The zero-order chi connectivity index (χ0) is 17.8. The summed E-state index contributed by atoms with van der Waals surface area (Å²) in [6.45, 7) is 0. The van der Waals surface area contributed by atoms with Crippen molar-refractivity contribution in [3.63, 3.8) is 0 Å². The van der Waals surface area contributed by atoms with Gasteiger partial charge < -0.3 is 5.32 Å². The quantitative estimate of drug-likeness (QED) is 0.469. The smallest absolute Gasteiger partial charge is 0.225 e. The van der Waals surface area contributed by atoms with Gasteiger partial charge in [0.15, 0.2) is 4.96 Å². The minimum atomic E-state index is 0.0312. The molecule has 1 N–H and O–H groups in total. The summed E-state index contributed by atoms with van der Waals surface area (Å²) in [4.78, 5) is 18.9. The van der Waals surface area contributed by atoms with Gasteiger partial charge in [-0.15, -0.1) is 23.1 Å². The molecule has 0 unspecified atom stereocenters. The van der Waals surface area contributed by atoms with Crippen LogP contribution in [0.15, 0.2) is 77.3 Å². The molecular weight excluding hydrogens is 362 g/mol. The van der Waals surface area contributed by atoms with Crippen LogP contribution in [0.5, 0.6) is 0 Å². The second-order valence-corrected chi connectivity index (χ2v) is 7.80. The van der Waals surface area contributed by atoms with Crippen LogP contribution in [-0.4, -0.2) is 21.0 Å². The van der Waals surface area contributed by atoms with Crippen molar-refractivity contribution in [3.05, 3.63) is 72.4 Å². The van der Waals surface area contributed by atoms with E-state index in [1.54, 1.807) is 23.1 Å². The Kier molecular flexibility index (Phi) is 5.04. The van der Waals surface area contributed by atoms with Gasteiger partial charge in [-0.1, -0.05) is 30.3 Å². The molecule has 0 fully saturated rings. The SMILES string of the molecule is O=C(CCSc1ccccc1)Nc1ccc(-c2cn3ccsc3n2)cc1. The van der Waals surface area contributed by atoms with Gasteiger partial charge in [-0.3, -0.25) is 9.20 Å². The number of hydrogen-bond donors (Lipinski definition) is 1. The maximum absolute atomic E-state index is 12.1. The number of aromatic nitrogens is 2. The fourth-order valence-electron chi connectivity index (χ4n) is 2.59. The van der Waals surface area contributed by atoms with Crippen LogP contribution in [-0.2, 0) is 4.79 Å². The third-order valence-electron chi connectivity index (χ3n) is 3.90. The van der Waals surface area contributed by atoms with Crippen LogP contribution in [0, 0.1) is 0 Å². The lowest BCUT2D eigenvalue weighted by Gasteiger charge is -2.06. The minimum Gasteiger partial charge on any atom is -0.326 e. The first-order valence-electron chi connectivity index (χ1n) is 8.28. The third kappa shape index (κ3) is 3.98. The Morgan fingerprint density at radius 1 is 1.12 bits per heavy atom. The number of rotatable bonds is 6. The van der Waals surface area contributed by atoms with Crippen molar-refractivity contribution in [2.45, 2.75) is 11.3 Å². The van der Waals surface area contributed by atoms with Gasteiger partial charge >= 0.3 is 0 Å². The number of nitrogens with one attached hydrogen (secondary N) is 1. The van der Waals surface area contributed by atoms with Crippen LogP contribution in [0.3, 0.4) is 0 Å². The Labute approximate surface area is 159 Å². The molecule has 0 radical (unpaired) electrons. The number of benzene rings is 2. The van der Waals surface area contributed by atoms with Crippen molar-refractivity contribution < 1.29 is 4.79 Å². The molecular formula is C20H17N3OS2. The molecule has 4 nitrogen and oxygen atoms in total. The first-order valence-corrected chi connectivity index (χ1v) is 10.1. The van der Waals surface area contributed by atoms with Crippen molar-refractivity contribution in [1.29, 1.82) is 0 Å². The highest BCUT2D eigenvalue weighted by molar-refractivity contribution is 7.99. The normalized spacial score (nSPS) is 10.9. The molecule has 6 heteroatoms. The Bertz CT molecular complexity index is 978. The topological polar surface area (TPSA) is 46.4 Å². The Morgan fingerprint density at radius 2 is 1.92 bits per heavy atom. The van der Waals surface area contributed by atoms with Gasteiger partial charge in [0.05, 0.1) is 5.69 Å². The average Bonchev–Trinajstić information content (AvgIpc) is 3.25. The second kappa shape index (κ2) is 7.76. The van der Waals surface area contributed by atoms with Crippen molar-refractivity contribution in [2.24, 2.45) is 0 Å². The van der Waals surface area contributed by atoms with Gasteiger partial charge in [0.25, 0.3) is 0 Å². The number of anilines is 1. The molecule has 0 atom stereocenters. The molecule has 4 aromatic rings. The maximum Gasteiger partial charge on any atom is 0.225 e. The van der Waals surface area contributed by atoms with Crippen molar-refractivity contribution in [1.82, 2.24) is 9.38 Å². The highest BCUT2D eigenvalue weighted by Gasteiger charge is 2.07. The van der Waals surface area contributed by atoms with E-state index in [1.807, 2.05) is 64.6 Å². The molecule has 1 amide bonds. The van der Waals surface area contributed by atoms with E-state index in [0.717, 1.165) is 27.7 Å². The number of imidazole rings is 1.